The lowest BCUT2D eigenvalue weighted by atomic mass is 9.98. The van der Waals surface area contributed by atoms with Gasteiger partial charge in [0.25, 0.3) is 0 Å². The largest absolute Gasteiger partial charge is 0.377 e. The first-order valence-electron chi connectivity index (χ1n) is 9.46. The molecule has 1 heterocycles. The van der Waals surface area contributed by atoms with E-state index in [1.165, 1.54) is 27.1 Å². The Morgan fingerprint density at radius 3 is 2.69 bits per heavy atom. The molecule has 1 aliphatic heterocycles. The van der Waals surface area contributed by atoms with Crippen molar-refractivity contribution < 1.29 is 9.53 Å². The molecule has 2 atom stereocenters. The molecule has 1 saturated carbocycles. The number of rotatable bonds is 2. The molecule has 2 aliphatic rings. The topological polar surface area (TPSA) is 29.5 Å². The van der Waals surface area contributed by atoms with Crippen molar-refractivity contribution in [1.29, 1.82) is 0 Å². The summed E-state index contributed by atoms with van der Waals surface area (Å²) in [4.78, 5) is 15.1. The van der Waals surface area contributed by atoms with Gasteiger partial charge in [-0.3, -0.25) is 4.79 Å². The Kier molecular flexibility index (Phi) is 3.54. The van der Waals surface area contributed by atoms with Gasteiger partial charge in [0.1, 0.15) is 0 Å². The van der Waals surface area contributed by atoms with Crippen LogP contribution in [0.3, 0.4) is 0 Å². The Morgan fingerprint density at radius 2 is 1.85 bits per heavy atom. The van der Waals surface area contributed by atoms with E-state index in [4.69, 9.17) is 4.74 Å². The third kappa shape index (κ3) is 2.50. The van der Waals surface area contributed by atoms with Crippen molar-refractivity contribution >= 4 is 27.5 Å². The van der Waals surface area contributed by atoms with Crippen LogP contribution in [-0.2, 0) is 16.1 Å². The van der Waals surface area contributed by atoms with Crippen molar-refractivity contribution in [3.05, 3.63) is 60.2 Å². The summed E-state index contributed by atoms with van der Waals surface area (Å²) in [6.45, 7) is 4.25. The lowest BCUT2D eigenvalue weighted by molar-refractivity contribution is -0.140. The molecular weight excluding hydrogens is 322 g/mol. The summed E-state index contributed by atoms with van der Waals surface area (Å²) in [5, 5.41) is 4.98. The number of carbonyl (C=O) groups is 1. The van der Waals surface area contributed by atoms with E-state index in [0.717, 1.165) is 26.0 Å². The van der Waals surface area contributed by atoms with Crippen LogP contribution < -0.4 is 0 Å². The predicted octanol–water partition coefficient (Wildman–Crippen LogP) is 4.52. The van der Waals surface area contributed by atoms with Gasteiger partial charge in [0.2, 0.25) is 5.91 Å². The number of benzene rings is 3. The Hall–Kier alpha value is -2.39. The second kappa shape index (κ2) is 5.82. The zero-order valence-corrected chi connectivity index (χ0v) is 15.1. The summed E-state index contributed by atoms with van der Waals surface area (Å²) >= 11 is 0. The van der Waals surface area contributed by atoms with Gasteiger partial charge in [0.05, 0.1) is 11.5 Å². The molecule has 1 amide bonds. The standard InChI is InChI=1S/C23H23NO2/c1-23-14-21(23)26-11-5-10-24(22(23)25)15-19-9-4-8-18-12-16-6-2-3-7-17(16)13-20(18)19/h2-4,6-9,12-13,21H,5,10-11,14-15H2,1H3/t21-,23+/m0/s1. The Labute approximate surface area is 153 Å². The molecule has 5 rings (SSSR count). The molecule has 0 spiro atoms. The van der Waals surface area contributed by atoms with Crippen LogP contribution in [0.4, 0.5) is 0 Å². The first-order valence-corrected chi connectivity index (χ1v) is 9.46. The normalized spacial score (nSPS) is 25.8. The summed E-state index contributed by atoms with van der Waals surface area (Å²) in [5.41, 5.74) is 0.918. The zero-order chi connectivity index (χ0) is 17.7. The predicted molar refractivity (Wildman–Crippen MR) is 104 cm³/mol. The first kappa shape index (κ1) is 15.8. The summed E-state index contributed by atoms with van der Waals surface area (Å²) < 4.78 is 5.80. The van der Waals surface area contributed by atoms with Gasteiger partial charge in [0, 0.05) is 19.7 Å². The van der Waals surface area contributed by atoms with Crippen molar-refractivity contribution in [2.24, 2.45) is 5.41 Å². The second-order valence-electron chi connectivity index (χ2n) is 7.90. The number of nitrogens with zero attached hydrogens (tertiary/aromatic N) is 1. The van der Waals surface area contributed by atoms with Gasteiger partial charge >= 0.3 is 0 Å². The van der Waals surface area contributed by atoms with Crippen LogP contribution in [-0.4, -0.2) is 30.1 Å². The van der Waals surface area contributed by atoms with E-state index in [9.17, 15) is 4.79 Å². The highest BCUT2D eigenvalue weighted by Gasteiger charge is 2.59. The van der Waals surface area contributed by atoms with Crippen LogP contribution in [0.15, 0.2) is 54.6 Å². The SMILES string of the molecule is C[C@@]12C[C@@H]1OCCCN(Cc1cccc3cc4ccccc4cc13)C2=O. The molecule has 26 heavy (non-hydrogen) atoms. The van der Waals surface area contributed by atoms with Gasteiger partial charge < -0.3 is 9.64 Å². The highest BCUT2D eigenvalue weighted by atomic mass is 16.5. The molecule has 3 heteroatoms. The minimum atomic E-state index is -0.308. The molecule has 0 N–H and O–H groups in total. The van der Waals surface area contributed by atoms with Gasteiger partial charge in [-0.15, -0.1) is 0 Å². The number of fused-ring (bicyclic) bond motifs is 3. The smallest absolute Gasteiger partial charge is 0.231 e. The van der Waals surface area contributed by atoms with Gasteiger partial charge in [-0.2, -0.15) is 0 Å². The third-order valence-electron chi connectivity index (χ3n) is 6.03. The third-order valence-corrected chi connectivity index (χ3v) is 6.03. The molecule has 132 valence electrons. The van der Waals surface area contributed by atoms with E-state index in [0.29, 0.717) is 6.54 Å². The van der Waals surface area contributed by atoms with Crippen LogP contribution in [0.25, 0.3) is 21.5 Å². The average Bonchev–Trinajstić information content (AvgIpc) is 3.32. The zero-order valence-electron chi connectivity index (χ0n) is 15.1. The van der Waals surface area contributed by atoms with Crippen LogP contribution in [0.2, 0.25) is 0 Å². The average molecular weight is 345 g/mol. The fraction of sp³-hybridized carbons (Fsp3) is 0.348. The van der Waals surface area contributed by atoms with Gasteiger partial charge in [-0.05, 0) is 59.0 Å². The van der Waals surface area contributed by atoms with Gasteiger partial charge in [-0.1, -0.05) is 42.5 Å². The lowest BCUT2D eigenvalue weighted by Gasteiger charge is -2.29. The summed E-state index contributed by atoms with van der Waals surface area (Å²) in [6.07, 6.45) is 1.89. The van der Waals surface area contributed by atoms with E-state index >= 15 is 0 Å². The number of amides is 1. The monoisotopic (exact) mass is 345 g/mol. The van der Waals surface area contributed by atoms with Gasteiger partial charge in [0.15, 0.2) is 0 Å². The molecule has 3 aromatic carbocycles. The molecule has 1 aliphatic carbocycles. The highest BCUT2D eigenvalue weighted by Crippen LogP contribution is 2.50. The molecule has 3 aromatic rings. The number of carbonyl (C=O) groups excluding carboxylic acids is 1. The van der Waals surface area contributed by atoms with Crippen LogP contribution in [0.5, 0.6) is 0 Å². The highest BCUT2D eigenvalue weighted by molar-refractivity contribution is 5.99. The molecular formula is C23H23NO2. The maximum atomic E-state index is 13.1. The van der Waals surface area contributed by atoms with Crippen molar-refractivity contribution in [1.82, 2.24) is 4.90 Å². The van der Waals surface area contributed by atoms with E-state index in [1.807, 2.05) is 4.90 Å². The van der Waals surface area contributed by atoms with E-state index in [2.05, 4.69) is 61.5 Å². The summed E-state index contributed by atoms with van der Waals surface area (Å²) in [6, 6.07) is 19.4. The molecule has 0 bridgehead atoms. The fourth-order valence-electron chi connectivity index (χ4n) is 4.26. The van der Waals surface area contributed by atoms with Crippen LogP contribution in [0, 0.1) is 5.41 Å². The quantitative estimate of drug-likeness (QED) is 0.639. The van der Waals surface area contributed by atoms with Crippen LogP contribution >= 0.6 is 0 Å². The molecule has 0 radical (unpaired) electrons. The van der Waals surface area contributed by atoms with Crippen molar-refractivity contribution in [2.75, 3.05) is 13.2 Å². The Morgan fingerprint density at radius 1 is 1.08 bits per heavy atom. The minimum absolute atomic E-state index is 0.120. The fourth-order valence-corrected chi connectivity index (χ4v) is 4.26. The van der Waals surface area contributed by atoms with E-state index < -0.39 is 0 Å². The lowest BCUT2D eigenvalue weighted by Crippen LogP contribution is -2.40. The van der Waals surface area contributed by atoms with Crippen molar-refractivity contribution in [2.45, 2.75) is 32.4 Å². The van der Waals surface area contributed by atoms with E-state index in [1.54, 1.807) is 0 Å². The van der Waals surface area contributed by atoms with Crippen molar-refractivity contribution in [3.63, 3.8) is 0 Å². The molecule has 3 nitrogen and oxygen atoms in total. The van der Waals surface area contributed by atoms with Gasteiger partial charge in [-0.25, -0.2) is 0 Å². The molecule has 0 unspecified atom stereocenters. The first-order chi connectivity index (χ1) is 12.6. The number of hydrogen-bond acceptors (Lipinski definition) is 2. The molecule has 2 fully saturated rings. The maximum absolute atomic E-state index is 13.1. The number of hydrogen-bond donors (Lipinski definition) is 0. The number of ether oxygens (including phenoxy) is 1. The minimum Gasteiger partial charge on any atom is -0.377 e. The summed E-state index contributed by atoms with van der Waals surface area (Å²) in [7, 11) is 0. The maximum Gasteiger partial charge on any atom is 0.231 e. The van der Waals surface area contributed by atoms with Crippen molar-refractivity contribution in [3.8, 4) is 0 Å². The van der Waals surface area contributed by atoms with Crippen LogP contribution in [0.1, 0.15) is 25.3 Å². The summed E-state index contributed by atoms with van der Waals surface area (Å²) in [5.74, 6) is 0.250. The van der Waals surface area contributed by atoms with E-state index in [-0.39, 0.29) is 17.4 Å². The Balaban J connectivity index is 1.54. The molecule has 1 saturated heterocycles. The molecule has 0 aromatic heterocycles. The Bertz CT molecular complexity index is 1010. The second-order valence-corrected chi connectivity index (χ2v) is 7.90.